The van der Waals surface area contributed by atoms with Crippen molar-refractivity contribution in [3.8, 4) is 0 Å². The van der Waals surface area contributed by atoms with Crippen LogP contribution in [0.1, 0.15) is 42.6 Å². The molecule has 1 atom stereocenters. The minimum Gasteiger partial charge on any atom is -0.325 e. The number of amides is 2. The first-order valence-electron chi connectivity index (χ1n) is 10.2. The van der Waals surface area contributed by atoms with Crippen LogP contribution in [0.3, 0.4) is 0 Å². The highest BCUT2D eigenvalue weighted by molar-refractivity contribution is 5.89. The van der Waals surface area contributed by atoms with E-state index in [0.29, 0.717) is 12.5 Å². The monoisotopic (exact) mass is 383 g/mol. The Morgan fingerprint density at radius 1 is 1.18 bits per heavy atom. The summed E-state index contributed by atoms with van der Waals surface area (Å²) in [4.78, 5) is 27.1. The highest BCUT2D eigenvalue weighted by atomic mass is 16.2. The van der Waals surface area contributed by atoms with Crippen LogP contribution in [0.2, 0.25) is 0 Å². The number of carbonyl (C=O) groups excluding carboxylic acids is 1. The summed E-state index contributed by atoms with van der Waals surface area (Å²) < 4.78 is 3.45. The maximum absolute atomic E-state index is 12.7. The van der Waals surface area contributed by atoms with Crippen LogP contribution in [0.5, 0.6) is 0 Å². The van der Waals surface area contributed by atoms with Crippen molar-refractivity contribution in [3.05, 3.63) is 45.6 Å². The van der Waals surface area contributed by atoms with Gasteiger partial charge < -0.3 is 10.2 Å². The Morgan fingerprint density at radius 2 is 1.89 bits per heavy atom. The van der Waals surface area contributed by atoms with Gasteiger partial charge in [0.05, 0.1) is 0 Å². The zero-order chi connectivity index (χ0) is 19.8. The highest BCUT2D eigenvalue weighted by Gasteiger charge is 2.28. The lowest BCUT2D eigenvalue weighted by atomic mass is 10.1. The predicted molar refractivity (Wildman–Crippen MR) is 109 cm³/mol. The van der Waals surface area contributed by atoms with Gasteiger partial charge in [-0.15, -0.1) is 0 Å². The molecule has 4 rings (SSSR count). The highest BCUT2D eigenvalue weighted by Crippen LogP contribution is 2.30. The van der Waals surface area contributed by atoms with E-state index in [2.05, 4.69) is 16.5 Å². The number of hydrogen-bond donors (Lipinski definition) is 1. The SMILES string of the molecule is Cc1cc(C)cc(NC(=O)N(C)C2CCc3nn(CC4CC4)c(=O)n3CC2)c1. The van der Waals surface area contributed by atoms with Crippen LogP contribution < -0.4 is 11.0 Å². The molecule has 0 saturated heterocycles. The molecule has 2 heterocycles. The van der Waals surface area contributed by atoms with Gasteiger partial charge in [-0.05, 0) is 68.7 Å². The second-order valence-corrected chi connectivity index (χ2v) is 8.37. The van der Waals surface area contributed by atoms with Gasteiger partial charge in [0.1, 0.15) is 5.82 Å². The summed E-state index contributed by atoms with van der Waals surface area (Å²) >= 11 is 0. The van der Waals surface area contributed by atoms with E-state index in [4.69, 9.17) is 0 Å². The Bertz CT molecular complexity index is 921. The molecule has 0 radical (unpaired) electrons. The van der Waals surface area contributed by atoms with Gasteiger partial charge in [-0.2, -0.15) is 5.10 Å². The van der Waals surface area contributed by atoms with Crippen molar-refractivity contribution in [2.45, 2.75) is 65.1 Å². The van der Waals surface area contributed by atoms with Crippen molar-refractivity contribution in [1.82, 2.24) is 19.2 Å². The fraction of sp³-hybridized carbons (Fsp3) is 0.571. The summed E-state index contributed by atoms with van der Waals surface area (Å²) in [5, 5.41) is 7.57. The normalized spacial score (nSPS) is 19.0. The van der Waals surface area contributed by atoms with Crippen molar-refractivity contribution in [1.29, 1.82) is 0 Å². The molecule has 0 bridgehead atoms. The number of carbonyl (C=O) groups is 1. The summed E-state index contributed by atoms with van der Waals surface area (Å²) in [5.41, 5.74) is 3.07. The molecule has 1 saturated carbocycles. The molecule has 7 nitrogen and oxygen atoms in total. The summed E-state index contributed by atoms with van der Waals surface area (Å²) in [6.07, 6.45) is 4.71. The zero-order valence-electron chi connectivity index (χ0n) is 16.9. The summed E-state index contributed by atoms with van der Waals surface area (Å²) in [5.74, 6) is 1.49. The predicted octanol–water partition coefficient (Wildman–Crippen LogP) is 2.94. The van der Waals surface area contributed by atoms with E-state index in [-0.39, 0.29) is 17.8 Å². The first-order chi connectivity index (χ1) is 13.4. The maximum Gasteiger partial charge on any atom is 0.345 e. The lowest BCUT2D eigenvalue weighted by molar-refractivity contribution is 0.196. The molecule has 1 N–H and O–H groups in total. The first-order valence-corrected chi connectivity index (χ1v) is 10.2. The third kappa shape index (κ3) is 3.98. The van der Waals surface area contributed by atoms with Crippen LogP contribution in [-0.2, 0) is 19.5 Å². The molecule has 150 valence electrons. The van der Waals surface area contributed by atoms with E-state index in [1.54, 1.807) is 14.1 Å². The molecule has 1 aromatic heterocycles. The Morgan fingerprint density at radius 3 is 2.57 bits per heavy atom. The fourth-order valence-electron chi connectivity index (χ4n) is 4.09. The molecule has 7 heteroatoms. The van der Waals surface area contributed by atoms with Gasteiger partial charge in [-0.3, -0.25) is 4.57 Å². The smallest absolute Gasteiger partial charge is 0.325 e. The molecular formula is C21H29N5O2. The van der Waals surface area contributed by atoms with Gasteiger partial charge in [0.15, 0.2) is 0 Å². The van der Waals surface area contributed by atoms with E-state index in [1.807, 2.05) is 33.0 Å². The quantitative estimate of drug-likeness (QED) is 0.882. The van der Waals surface area contributed by atoms with E-state index in [9.17, 15) is 9.59 Å². The van der Waals surface area contributed by atoms with Crippen molar-refractivity contribution < 1.29 is 4.79 Å². The van der Waals surface area contributed by atoms with Crippen LogP contribution in [0.15, 0.2) is 23.0 Å². The molecule has 1 aliphatic heterocycles. The molecule has 28 heavy (non-hydrogen) atoms. The third-order valence-corrected chi connectivity index (χ3v) is 5.86. The van der Waals surface area contributed by atoms with E-state index < -0.39 is 0 Å². The maximum atomic E-state index is 12.7. The van der Waals surface area contributed by atoms with Crippen LogP contribution >= 0.6 is 0 Å². The number of anilines is 1. The molecule has 1 aliphatic carbocycles. The van der Waals surface area contributed by atoms with E-state index >= 15 is 0 Å². The van der Waals surface area contributed by atoms with Crippen LogP contribution in [-0.4, -0.2) is 38.4 Å². The minimum absolute atomic E-state index is 0.00453. The first kappa shape index (κ1) is 18.8. The van der Waals surface area contributed by atoms with Gasteiger partial charge in [0.25, 0.3) is 0 Å². The number of aromatic nitrogens is 3. The average Bonchev–Trinajstić information content (AvgIpc) is 3.42. The van der Waals surface area contributed by atoms with Gasteiger partial charge in [0.2, 0.25) is 0 Å². The molecular weight excluding hydrogens is 354 g/mol. The lowest BCUT2D eigenvalue weighted by Gasteiger charge is -2.27. The second kappa shape index (κ2) is 7.45. The Kier molecular flexibility index (Phi) is 5.00. The number of nitrogens with zero attached hydrogens (tertiary/aromatic N) is 4. The van der Waals surface area contributed by atoms with Crippen molar-refractivity contribution in [2.24, 2.45) is 5.92 Å². The Hall–Kier alpha value is -2.57. The number of fused-ring (bicyclic) bond motifs is 1. The van der Waals surface area contributed by atoms with Crippen LogP contribution in [0, 0.1) is 19.8 Å². The van der Waals surface area contributed by atoms with Crippen LogP contribution in [0.25, 0.3) is 0 Å². The zero-order valence-corrected chi connectivity index (χ0v) is 16.9. The van der Waals surface area contributed by atoms with Gasteiger partial charge >= 0.3 is 11.7 Å². The van der Waals surface area contributed by atoms with Crippen molar-refractivity contribution >= 4 is 11.7 Å². The van der Waals surface area contributed by atoms with Crippen molar-refractivity contribution in [3.63, 3.8) is 0 Å². The minimum atomic E-state index is -0.110. The number of benzene rings is 1. The largest absolute Gasteiger partial charge is 0.345 e. The number of hydrogen-bond acceptors (Lipinski definition) is 3. The molecule has 1 fully saturated rings. The fourth-order valence-corrected chi connectivity index (χ4v) is 4.09. The molecule has 1 aromatic carbocycles. The topological polar surface area (TPSA) is 72.2 Å². The van der Waals surface area contributed by atoms with Gasteiger partial charge in [-0.25, -0.2) is 14.3 Å². The molecule has 2 amide bonds. The Labute approximate surface area is 165 Å². The summed E-state index contributed by atoms with van der Waals surface area (Å²) in [7, 11) is 1.84. The van der Waals surface area contributed by atoms with Crippen LogP contribution in [0.4, 0.5) is 10.5 Å². The van der Waals surface area contributed by atoms with Crippen molar-refractivity contribution in [2.75, 3.05) is 12.4 Å². The van der Waals surface area contributed by atoms with Gasteiger partial charge in [-0.1, -0.05) is 6.07 Å². The lowest BCUT2D eigenvalue weighted by Crippen LogP contribution is -2.40. The molecule has 0 spiro atoms. The van der Waals surface area contributed by atoms with Gasteiger partial charge in [0, 0.05) is 38.3 Å². The average molecular weight is 383 g/mol. The van der Waals surface area contributed by atoms with E-state index in [1.165, 1.54) is 12.8 Å². The third-order valence-electron chi connectivity index (χ3n) is 5.86. The number of urea groups is 1. The van der Waals surface area contributed by atoms with E-state index in [0.717, 1.165) is 48.4 Å². The number of nitrogens with one attached hydrogen (secondary N) is 1. The number of aryl methyl sites for hydroxylation is 3. The molecule has 2 aliphatic rings. The molecule has 1 unspecified atom stereocenters. The second-order valence-electron chi connectivity index (χ2n) is 8.37. The Balaban J connectivity index is 1.40. The number of rotatable bonds is 4. The molecule has 2 aromatic rings. The summed E-state index contributed by atoms with van der Waals surface area (Å²) in [6, 6.07) is 6.01. The summed E-state index contributed by atoms with van der Waals surface area (Å²) in [6.45, 7) is 5.41. The standard InChI is InChI=1S/C21H29N5O2/c1-14-10-15(2)12-17(11-14)22-20(27)24(3)18-6-7-19-23-26(13-16-4-5-16)21(28)25(19)9-8-18/h10-12,16,18H,4-9,13H2,1-3H3,(H,22,27).